The molecule has 24 heavy (non-hydrogen) atoms. The van der Waals surface area contributed by atoms with Gasteiger partial charge in [0, 0.05) is 23.4 Å². The van der Waals surface area contributed by atoms with E-state index in [9.17, 15) is 13.2 Å². The summed E-state index contributed by atoms with van der Waals surface area (Å²) in [5.74, 6) is 0.528. The Hall–Kier alpha value is -0.670. The van der Waals surface area contributed by atoms with Crippen LogP contribution >= 0.6 is 23.7 Å². The molecule has 1 aromatic rings. The highest BCUT2D eigenvalue weighted by Gasteiger charge is 2.34. The van der Waals surface area contributed by atoms with Crippen molar-refractivity contribution in [3.63, 3.8) is 0 Å². The van der Waals surface area contributed by atoms with E-state index in [0.717, 1.165) is 17.7 Å². The molecule has 0 radical (unpaired) electrons. The van der Waals surface area contributed by atoms with E-state index < -0.39 is 10.0 Å². The van der Waals surface area contributed by atoms with Crippen molar-refractivity contribution in [2.75, 3.05) is 7.05 Å². The fraction of sp³-hybridized carbons (Fsp3) is 0.667. The van der Waals surface area contributed by atoms with Gasteiger partial charge < -0.3 is 10.6 Å². The van der Waals surface area contributed by atoms with Crippen molar-refractivity contribution in [2.45, 2.75) is 54.9 Å². The number of hydrogen-bond acceptors (Lipinski definition) is 5. The van der Waals surface area contributed by atoms with Gasteiger partial charge >= 0.3 is 0 Å². The lowest BCUT2D eigenvalue weighted by atomic mass is 9.89. The van der Waals surface area contributed by atoms with E-state index in [2.05, 4.69) is 15.4 Å². The normalized spacial score (nSPS) is 26.0. The number of hydrogen-bond donors (Lipinski definition) is 3. The molecular weight excluding hydrogens is 370 g/mol. The van der Waals surface area contributed by atoms with E-state index in [4.69, 9.17) is 0 Å². The SMILES string of the molecule is CNS(=O)(=O)c1ccc(CNC(=O)CC2CC3CCC(C2)N3)s1.Cl. The van der Waals surface area contributed by atoms with Gasteiger partial charge in [0.1, 0.15) is 4.21 Å². The van der Waals surface area contributed by atoms with Crippen LogP contribution in [0.1, 0.15) is 37.0 Å². The number of piperidine rings is 1. The van der Waals surface area contributed by atoms with Gasteiger partial charge in [0.2, 0.25) is 15.9 Å². The Balaban J connectivity index is 0.00000208. The minimum absolute atomic E-state index is 0. The maximum absolute atomic E-state index is 12.1. The van der Waals surface area contributed by atoms with Gasteiger partial charge in [0.15, 0.2) is 0 Å². The molecule has 0 aromatic carbocycles. The van der Waals surface area contributed by atoms with Gasteiger partial charge in [-0.2, -0.15) is 0 Å². The van der Waals surface area contributed by atoms with Gasteiger partial charge in [-0.3, -0.25) is 4.79 Å². The molecule has 136 valence electrons. The second kappa shape index (κ2) is 8.14. The summed E-state index contributed by atoms with van der Waals surface area (Å²) in [6.45, 7) is 0.389. The van der Waals surface area contributed by atoms with Crippen LogP contribution in [-0.2, 0) is 21.4 Å². The van der Waals surface area contributed by atoms with Crippen LogP contribution in [-0.4, -0.2) is 33.5 Å². The van der Waals surface area contributed by atoms with Crippen molar-refractivity contribution >= 4 is 39.7 Å². The maximum atomic E-state index is 12.1. The van der Waals surface area contributed by atoms with E-state index in [1.165, 1.54) is 31.2 Å². The van der Waals surface area contributed by atoms with Gasteiger partial charge in [-0.1, -0.05) is 0 Å². The van der Waals surface area contributed by atoms with Crippen LogP contribution in [0.15, 0.2) is 16.3 Å². The van der Waals surface area contributed by atoms with Crippen LogP contribution < -0.4 is 15.4 Å². The predicted octanol–water partition coefficient (Wildman–Crippen LogP) is 1.61. The molecule has 0 saturated carbocycles. The summed E-state index contributed by atoms with van der Waals surface area (Å²) in [5, 5.41) is 6.50. The molecule has 1 amide bonds. The molecule has 3 rings (SSSR count). The smallest absolute Gasteiger partial charge is 0.249 e. The first-order chi connectivity index (χ1) is 11.0. The van der Waals surface area contributed by atoms with Gasteiger partial charge in [-0.15, -0.1) is 23.7 Å². The van der Waals surface area contributed by atoms with E-state index in [-0.39, 0.29) is 22.5 Å². The van der Waals surface area contributed by atoms with Crippen LogP contribution in [0.3, 0.4) is 0 Å². The minimum atomic E-state index is -3.40. The van der Waals surface area contributed by atoms with E-state index in [1.807, 2.05) is 0 Å². The Bertz CT molecular complexity index is 665. The molecule has 2 aliphatic rings. The fourth-order valence-electron chi connectivity index (χ4n) is 3.56. The number of nitrogens with one attached hydrogen (secondary N) is 3. The maximum Gasteiger partial charge on any atom is 0.249 e. The standard InChI is InChI=1S/C15H23N3O3S2.ClH/c1-16-23(20,21)15-5-4-13(22-15)9-17-14(19)8-10-6-11-2-3-12(7-10)18-11;/h4-5,10-12,16,18H,2-3,6-9H2,1H3,(H,17,19);1H. The lowest BCUT2D eigenvalue weighted by molar-refractivity contribution is -0.122. The third-order valence-corrected chi connectivity index (χ3v) is 7.67. The summed E-state index contributed by atoms with van der Waals surface area (Å²) in [4.78, 5) is 13.0. The Morgan fingerprint density at radius 3 is 2.58 bits per heavy atom. The minimum Gasteiger partial charge on any atom is -0.351 e. The summed E-state index contributed by atoms with van der Waals surface area (Å²) in [5.41, 5.74) is 0. The first-order valence-electron chi connectivity index (χ1n) is 8.01. The second-order valence-electron chi connectivity index (χ2n) is 6.38. The first-order valence-corrected chi connectivity index (χ1v) is 10.3. The van der Waals surface area contributed by atoms with E-state index in [0.29, 0.717) is 31.0 Å². The molecule has 2 unspecified atom stereocenters. The van der Waals surface area contributed by atoms with Crippen molar-refractivity contribution in [3.8, 4) is 0 Å². The molecule has 2 atom stereocenters. The average Bonchev–Trinajstić information content (AvgIpc) is 3.12. The molecule has 1 aromatic heterocycles. The largest absolute Gasteiger partial charge is 0.351 e. The fourth-order valence-corrected chi connectivity index (χ4v) is 5.69. The molecule has 0 spiro atoms. The zero-order chi connectivity index (χ0) is 16.4. The molecule has 6 nitrogen and oxygen atoms in total. The summed E-state index contributed by atoms with van der Waals surface area (Å²) in [7, 11) is -2.00. The van der Waals surface area contributed by atoms with Crippen molar-refractivity contribution in [1.29, 1.82) is 0 Å². The number of sulfonamides is 1. The number of amides is 1. The summed E-state index contributed by atoms with van der Waals surface area (Å²) in [6.07, 6.45) is 5.23. The molecule has 2 saturated heterocycles. The third kappa shape index (κ3) is 4.70. The summed E-state index contributed by atoms with van der Waals surface area (Å²) < 4.78 is 25.9. The first kappa shape index (κ1) is 19.7. The average molecular weight is 394 g/mol. The highest BCUT2D eigenvalue weighted by molar-refractivity contribution is 7.91. The van der Waals surface area contributed by atoms with E-state index in [1.54, 1.807) is 12.1 Å². The Labute approximate surface area is 153 Å². The Kier molecular flexibility index (Phi) is 6.66. The molecule has 0 aliphatic carbocycles. The number of rotatable bonds is 6. The van der Waals surface area contributed by atoms with Crippen LogP contribution in [0.2, 0.25) is 0 Å². The molecule has 2 fully saturated rings. The van der Waals surface area contributed by atoms with Gasteiger partial charge in [-0.25, -0.2) is 13.1 Å². The number of thiophene rings is 1. The quantitative estimate of drug-likeness (QED) is 0.685. The zero-order valence-electron chi connectivity index (χ0n) is 13.6. The predicted molar refractivity (Wildman–Crippen MR) is 96.9 cm³/mol. The van der Waals surface area contributed by atoms with Crippen molar-refractivity contribution in [3.05, 3.63) is 17.0 Å². The van der Waals surface area contributed by atoms with Gasteiger partial charge in [-0.05, 0) is 50.8 Å². The topological polar surface area (TPSA) is 87.3 Å². The van der Waals surface area contributed by atoms with Crippen LogP contribution in [0, 0.1) is 5.92 Å². The van der Waals surface area contributed by atoms with Gasteiger partial charge in [0.05, 0.1) is 6.54 Å². The summed E-state index contributed by atoms with van der Waals surface area (Å²) >= 11 is 1.19. The third-order valence-electron chi connectivity index (χ3n) is 4.68. The number of carbonyl (C=O) groups is 1. The van der Waals surface area contributed by atoms with E-state index >= 15 is 0 Å². The lowest BCUT2D eigenvalue weighted by Gasteiger charge is -2.28. The Morgan fingerprint density at radius 1 is 1.29 bits per heavy atom. The van der Waals surface area contributed by atoms with Crippen LogP contribution in [0.25, 0.3) is 0 Å². The molecule has 3 heterocycles. The lowest BCUT2D eigenvalue weighted by Crippen LogP contribution is -2.39. The monoisotopic (exact) mass is 393 g/mol. The highest BCUT2D eigenvalue weighted by atomic mass is 35.5. The van der Waals surface area contributed by atoms with Crippen molar-refractivity contribution < 1.29 is 13.2 Å². The number of halogens is 1. The second-order valence-corrected chi connectivity index (χ2v) is 9.67. The molecule has 2 aliphatic heterocycles. The molecule has 2 bridgehead atoms. The van der Waals surface area contributed by atoms with Gasteiger partial charge in [0.25, 0.3) is 0 Å². The molecule has 3 N–H and O–H groups in total. The van der Waals surface area contributed by atoms with Crippen LogP contribution in [0.5, 0.6) is 0 Å². The highest BCUT2D eigenvalue weighted by Crippen LogP contribution is 2.32. The summed E-state index contributed by atoms with van der Waals surface area (Å²) in [6, 6.07) is 4.51. The van der Waals surface area contributed by atoms with Crippen molar-refractivity contribution in [1.82, 2.24) is 15.4 Å². The molecular formula is C15H24ClN3O3S2. The Morgan fingerprint density at radius 2 is 1.96 bits per heavy atom. The number of carbonyl (C=O) groups excluding carboxylic acids is 1. The zero-order valence-corrected chi connectivity index (χ0v) is 16.0. The number of fused-ring (bicyclic) bond motifs is 2. The van der Waals surface area contributed by atoms with Crippen LogP contribution in [0.4, 0.5) is 0 Å². The van der Waals surface area contributed by atoms with Crippen molar-refractivity contribution in [2.24, 2.45) is 5.92 Å². The molecule has 9 heteroatoms.